The summed E-state index contributed by atoms with van der Waals surface area (Å²) in [4.78, 5) is 31.0. The Morgan fingerprint density at radius 3 is 2.28 bits per heavy atom. The third-order valence-corrected chi connectivity index (χ3v) is 5.24. The number of para-hydroxylation sites is 1. The number of nitrogens with zero attached hydrogens (tertiary/aromatic N) is 3. The molecule has 0 aromatic heterocycles. The SMILES string of the molecule is Cc1ccccc1NC(N=C1C(=O)N(C)C(=O)N1c1cccc(C(F)(F)F)c1)C(Cl)(Cl)Cl. The predicted molar refractivity (Wildman–Crippen MR) is 118 cm³/mol. The molecule has 170 valence electrons. The number of anilines is 2. The quantitative estimate of drug-likeness (QED) is 0.432. The molecule has 1 unspecified atom stereocenters. The zero-order valence-electron chi connectivity index (χ0n) is 16.6. The fourth-order valence-corrected chi connectivity index (χ4v) is 3.24. The lowest BCUT2D eigenvalue weighted by atomic mass is 10.2. The lowest BCUT2D eigenvalue weighted by molar-refractivity contribution is -0.137. The molecule has 2 aromatic rings. The lowest BCUT2D eigenvalue weighted by Gasteiger charge is -2.25. The first-order chi connectivity index (χ1) is 14.8. The number of amidine groups is 1. The summed E-state index contributed by atoms with van der Waals surface area (Å²) in [6.45, 7) is 1.79. The van der Waals surface area contributed by atoms with Crippen LogP contribution in [0.1, 0.15) is 11.1 Å². The van der Waals surface area contributed by atoms with Crippen molar-refractivity contribution in [1.82, 2.24) is 4.90 Å². The highest BCUT2D eigenvalue weighted by Gasteiger charge is 2.44. The first kappa shape index (κ1) is 24.2. The molecular weight excluding hydrogens is 492 g/mol. The van der Waals surface area contributed by atoms with E-state index in [0.717, 1.165) is 28.7 Å². The lowest BCUT2D eigenvalue weighted by Crippen LogP contribution is -2.38. The highest BCUT2D eigenvalue weighted by molar-refractivity contribution is 6.68. The van der Waals surface area contributed by atoms with Crippen LogP contribution >= 0.6 is 34.8 Å². The number of alkyl halides is 6. The predicted octanol–water partition coefficient (Wildman–Crippen LogP) is 5.62. The molecule has 1 heterocycles. The zero-order valence-corrected chi connectivity index (χ0v) is 18.9. The smallest absolute Gasteiger partial charge is 0.360 e. The number of hydrogen-bond acceptors (Lipinski definition) is 4. The minimum atomic E-state index is -4.65. The van der Waals surface area contributed by atoms with E-state index in [1.165, 1.54) is 13.1 Å². The molecule has 0 bridgehead atoms. The third-order valence-electron chi connectivity index (χ3n) is 4.62. The fourth-order valence-electron chi connectivity index (χ4n) is 2.93. The van der Waals surface area contributed by atoms with Gasteiger partial charge in [-0.1, -0.05) is 59.1 Å². The summed E-state index contributed by atoms with van der Waals surface area (Å²) in [5.74, 6) is -1.35. The van der Waals surface area contributed by atoms with Crippen molar-refractivity contribution in [3.8, 4) is 0 Å². The van der Waals surface area contributed by atoms with Crippen LogP contribution in [0.4, 0.5) is 29.3 Å². The molecule has 0 radical (unpaired) electrons. The Morgan fingerprint density at radius 2 is 1.69 bits per heavy atom. The number of aliphatic imine (C=N–C) groups is 1. The molecular formula is C20H16Cl3F3N4O2. The van der Waals surface area contributed by atoms with Gasteiger partial charge in [-0.25, -0.2) is 14.7 Å². The largest absolute Gasteiger partial charge is 0.416 e. The standard InChI is InChI=1S/C20H16Cl3F3N4O2/c1-11-6-3-4-9-14(11)27-17(19(21,22)23)28-15-16(31)29(2)18(32)30(15)13-8-5-7-12(10-13)20(24,25)26/h3-10,17,27H,1-2H3. The number of hydrogen-bond donors (Lipinski definition) is 1. The van der Waals surface area contributed by atoms with Gasteiger partial charge in [-0.3, -0.25) is 9.69 Å². The van der Waals surface area contributed by atoms with Crippen molar-refractivity contribution in [2.75, 3.05) is 17.3 Å². The molecule has 0 spiro atoms. The molecule has 32 heavy (non-hydrogen) atoms. The highest BCUT2D eigenvalue weighted by Crippen LogP contribution is 2.36. The number of carbonyl (C=O) groups excluding carboxylic acids is 2. The number of benzene rings is 2. The maximum absolute atomic E-state index is 13.2. The Labute approximate surface area is 196 Å². The number of likely N-dealkylation sites (N-methyl/N-ethyl adjacent to an activating group) is 1. The van der Waals surface area contributed by atoms with Gasteiger partial charge in [0.15, 0.2) is 6.17 Å². The Balaban J connectivity index is 2.09. The van der Waals surface area contributed by atoms with E-state index < -0.39 is 39.5 Å². The molecule has 1 fully saturated rings. The Bertz CT molecular complexity index is 1090. The molecule has 1 aliphatic rings. The van der Waals surface area contributed by atoms with Crippen LogP contribution in [0.25, 0.3) is 0 Å². The monoisotopic (exact) mass is 506 g/mol. The summed E-state index contributed by atoms with van der Waals surface area (Å²) in [5, 5.41) is 2.90. The van der Waals surface area contributed by atoms with Crippen LogP contribution in [0.15, 0.2) is 53.5 Å². The molecule has 0 aliphatic carbocycles. The first-order valence-electron chi connectivity index (χ1n) is 9.07. The summed E-state index contributed by atoms with van der Waals surface area (Å²) in [7, 11) is 1.17. The maximum Gasteiger partial charge on any atom is 0.416 e. The minimum absolute atomic E-state index is 0.208. The summed E-state index contributed by atoms with van der Waals surface area (Å²) in [6, 6.07) is 10.0. The third kappa shape index (κ3) is 4.95. The molecule has 3 rings (SSSR count). The van der Waals surface area contributed by atoms with Gasteiger partial charge >= 0.3 is 12.2 Å². The number of amides is 3. The van der Waals surface area contributed by atoms with Gasteiger partial charge in [0.25, 0.3) is 5.91 Å². The van der Waals surface area contributed by atoms with E-state index in [0.29, 0.717) is 10.6 Å². The summed E-state index contributed by atoms with van der Waals surface area (Å²) in [6.07, 6.45) is -6.00. The van der Waals surface area contributed by atoms with Crippen molar-refractivity contribution < 1.29 is 22.8 Å². The van der Waals surface area contributed by atoms with Crippen molar-refractivity contribution in [2.45, 2.75) is 23.1 Å². The van der Waals surface area contributed by atoms with Gasteiger partial charge in [-0.2, -0.15) is 13.2 Å². The summed E-state index contributed by atoms with van der Waals surface area (Å²) < 4.78 is 37.5. The highest BCUT2D eigenvalue weighted by atomic mass is 35.6. The number of halogens is 6. The Kier molecular flexibility index (Phi) is 6.65. The van der Waals surface area contributed by atoms with Gasteiger partial charge in [-0.15, -0.1) is 0 Å². The topological polar surface area (TPSA) is 65.0 Å². The van der Waals surface area contributed by atoms with Crippen LogP contribution in [0.2, 0.25) is 0 Å². The number of rotatable bonds is 4. The van der Waals surface area contributed by atoms with Crippen LogP contribution < -0.4 is 10.2 Å². The van der Waals surface area contributed by atoms with E-state index in [1.807, 2.05) is 0 Å². The number of imide groups is 1. The van der Waals surface area contributed by atoms with E-state index in [1.54, 1.807) is 31.2 Å². The summed E-state index contributed by atoms with van der Waals surface area (Å²) in [5.41, 5.74) is 0.122. The molecule has 0 saturated carbocycles. The van der Waals surface area contributed by atoms with E-state index in [4.69, 9.17) is 34.8 Å². The molecule has 2 aromatic carbocycles. The van der Waals surface area contributed by atoms with Gasteiger partial charge < -0.3 is 5.32 Å². The number of nitrogens with one attached hydrogen (secondary N) is 1. The van der Waals surface area contributed by atoms with Gasteiger partial charge in [0.05, 0.1) is 11.3 Å². The van der Waals surface area contributed by atoms with Gasteiger partial charge in [0.1, 0.15) is 0 Å². The average Bonchev–Trinajstić information content (AvgIpc) is 2.91. The number of carbonyl (C=O) groups is 2. The molecule has 1 N–H and O–H groups in total. The Morgan fingerprint density at radius 1 is 1.03 bits per heavy atom. The van der Waals surface area contributed by atoms with Crippen molar-refractivity contribution in [1.29, 1.82) is 0 Å². The van der Waals surface area contributed by atoms with Gasteiger partial charge in [0.2, 0.25) is 9.63 Å². The van der Waals surface area contributed by atoms with Crippen LogP contribution in [0.5, 0.6) is 0 Å². The van der Waals surface area contributed by atoms with Crippen molar-refractivity contribution in [2.24, 2.45) is 4.99 Å². The fraction of sp³-hybridized carbons (Fsp3) is 0.250. The second-order valence-electron chi connectivity index (χ2n) is 6.89. The molecule has 3 amide bonds. The van der Waals surface area contributed by atoms with Crippen molar-refractivity contribution >= 4 is 64.0 Å². The maximum atomic E-state index is 13.2. The van der Waals surface area contributed by atoms with Crippen LogP contribution in [0.3, 0.4) is 0 Å². The Hall–Kier alpha value is -2.49. The minimum Gasteiger partial charge on any atom is -0.360 e. The van der Waals surface area contributed by atoms with Gasteiger partial charge in [-0.05, 0) is 36.8 Å². The molecule has 12 heteroatoms. The zero-order chi connectivity index (χ0) is 23.8. The van der Waals surface area contributed by atoms with Crippen LogP contribution in [0, 0.1) is 6.92 Å². The molecule has 1 atom stereocenters. The van der Waals surface area contributed by atoms with E-state index in [-0.39, 0.29) is 5.69 Å². The normalized spacial score (nSPS) is 17.3. The molecule has 1 saturated heterocycles. The first-order valence-corrected chi connectivity index (χ1v) is 10.2. The van der Waals surface area contributed by atoms with E-state index in [2.05, 4.69) is 10.3 Å². The van der Waals surface area contributed by atoms with E-state index >= 15 is 0 Å². The van der Waals surface area contributed by atoms with Crippen molar-refractivity contribution in [3.63, 3.8) is 0 Å². The summed E-state index contributed by atoms with van der Waals surface area (Å²) >= 11 is 18.2. The number of urea groups is 1. The molecule has 1 aliphatic heterocycles. The van der Waals surface area contributed by atoms with Crippen molar-refractivity contribution in [3.05, 3.63) is 59.7 Å². The average molecular weight is 508 g/mol. The second kappa shape index (κ2) is 8.80. The van der Waals surface area contributed by atoms with Crippen LogP contribution in [-0.2, 0) is 11.0 Å². The van der Waals surface area contributed by atoms with E-state index in [9.17, 15) is 22.8 Å². The van der Waals surface area contributed by atoms with Crippen LogP contribution in [-0.4, -0.2) is 39.7 Å². The number of aryl methyl sites for hydroxylation is 1. The second-order valence-corrected chi connectivity index (χ2v) is 9.26. The molecule has 6 nitrogen and oxygen atoms in total. The van der Waals surface area contributed by atoms with Gasteiger partial charge in [0, 0.05) is 12.7 Å².